The van der Waals surface area contributed by atoms with Gasteiger partial charge in [-0.1, -0.05) is 6.92 Å². The van der Waals surface area contributed by atoms with Crippen molar-refractivity contribution >= 4 is 11.8 Å². The summed E-state index contributed by atoms with van der Waals surface area (Å²) in [6, 6.07) is 0. The fourth-order valence-electron chi connectivity index (χ4n) is 0.621. The molecule has 0 heterocycles. The lowest BCUT2D eigenvalue weighted by Crippen LogP contribution is -2.06. The molecule has 0 aromatic carbocycles. The van der Waals surface area contributed by atoms with Gasteiger partial charge in [-0.2, -0.15) is 24.9 Å². The molecule has 0 radical (unpaired) electrons. The van der Waals surface area contributed by atoms with Crippen LogP contribution in [0.4, 0.5) is 13.2 Å². The fraction of sp³-hybridized carbons (Fsp3) is 1.00. The molecule has 0 aromatic heterocycles. The molecular formula is C7H13F3S. The highest BCUT2D eigenvalue weighted by Gasteiger charge is 2.25. The molecule has 0 fully saturated rings. The maximum Gasteiger partial charge on any atom is 0.389 e. The molecule has 0 spiro atoms. The first-order chi connectivity index (χ1) is 5.06. The van der Waals surface area contributed by atoms with E-state index in [2.05, 4.69) is 0 Å². The molecular weight excluding hydrogens is 173 g/mol. The van der Waals surface area contributed by atoms with Crippen molar-refractivity contribution in [3.8, 4) is 0 Å². The number of alkyl halides is 3. The Balaban J connectivity index is 3.02. The molecule has 0 N–H and O–H groups in total. The molecule has 0 aliphatic carbocycles. The highest BCUT2D eigenvalue weighted by Crippen LogP contribution is 2.22. The lowest BCUT2D eigenvalue weighted by Gasteiger charge is -2.04. The second-order valence-corrected chi connectivity index (χ2v) is 3.56. The third-order valence-electron chi connectivity index (χ3n) is 1.10. The van der Waals surface area contributed by atoms with Gasteiger partial charge in [-0.05, 0) is 24.3 Å². The van der Waals surface area contributed by atoms with E-state index in [4.69, 9.17) is 0 Å². The number of thioether (sulfide) groups is 1. The molecule has 4 heteroatoms. The predicted molar refractivity (Wildman–Crippen MR) is 42.9 cm³/mol. The predicted octanol–water partition coefficient (Wildman–Crippen LogP) is 3.47. The topological polar surface area (TPSA) is 0 Å². The first-order valence-electron chi connectivity index (χ1n) is 3.70. The van der Waals surface area contributed by atoms with Crippen molar-refractivity contribution < 1.29 is 13.2 Å². The van der Waals surface area contributed by atoms with Gasteiger partial charge in [-0.3, -0.25) is 0 Å². The molecule has 0 aliphatic heterocycles. The van der Waals surface area contributed by atoms with E-state index in [9.17, 15) is 13.2 Å². The lowest BCUT2D eigenvalue weighted by atomic mass is 10.3. The summed E-state index contributed by atoms with van der Waals surface area (Å²) < 4.78 is 34.7. The Labute approximate surface area is 69.5 Å². The minimum Gasteiger partial charge on any atom is -0.171 e. The van der Waals surface area contributed by atoms with E-state index in [0.29, 0.717) is 5.75 Å². The quantitative estimate of drug-likeness (QED) is 0.592. The van der Waals surface area contributed by atoms with Crippen LogP contribution in [0.3, 0.4) is 0 Å². The van der Waals surface area contributed by atoms with E-state index >= 15 is 0 Å². The summed E-state index contributed by atoms with van der Waals surface area (Å²) in [6.45, 7) is 2.02. The van der Waals surface area contributed by atoms with E-state index in [0.717, 1.165) is 12.2 Å². The Hall–Kier alpha value is 0.140. The minimum atomic E-state index is -3.97. The summed E-state index contributed by atoms with van der Waals surface area (Å²) in [4.78, 5) is 0. The summed E-state index contributed by atoms with van der Waals surface area (Å²) in [7, 11) is 0. The van der Waals surface area contributed by atoms with Gasteiger partial charge >= 0.3 is 6.18 Å². The summed E-state index contributed by atoms with van der Waals surface area (Å²) in [5.41, 5.74) is 0. The number of hydrogen-bond acceptors (Lipinski definition) is 1. The van der Waals surface area contributed by atoms with Crippen molar-refractivity contribution in [1.29, 1.82) is 0 Å². The van der Waals surface area contributed by atoms with Crippen LogP contribution in [0.1, 0.15) is 26.2 Å². The Morgan fingerprint density at radius 1 is 1.18 bits per heavy atom. The second-order valence-electron chi connectivity index (χ2n) is 2.33. The van der Waals surface area contributed by atoms with E-state index in [-0.39, 0.29) is 6.42 Å². The third-order valence-corrected chi connectivity index (χ3v) is 2.37. The van der Waals surface area contributed by atoms with Crippen LogP contribution in [-0.2, 0) is 0 Å². The molecule has 0 aromatic rings. The summed E-state index contributed by atoms with van der Waals surface area (Å²) in [6.07, 6.45) is -3.30. The minimum absolute atomic E-state index is 0.258. The standard InChI is InChI=1S/C7H13F3S/c1-2-5-11-6-3-4-7(8,9)10/h2-6H2,1H3. The maximum atomic E-state index is 11.6. The van der Waals surface area contributed by atoms with E-state index < -0.39 is 12.6 Å². The third kappa shape index (κ3) is 10.1. The zero-order chi connectivity index (χ0) is 8.74. The summed E-state index contributed by atoms with van der Waals surface area (Å²) in [5.74, 6) is 1.60. The second kappa shape index (κ2) is 5.75. The Bertz CT molecular complexity index is 90.2. The van der Waals surface area contributed by atoms with Crippen molar-refractivity contribution in [3.05, 3.63) is 0 Å². The van der Waals surface area contributed by atoms with Crippen LogP contribution in [0.15, 0.2) is 0 Å². The van der Waals surface area contributed by atoms with Crippen molar-refractivity contribution in [2.45, 2.75) is 32.4 Å². The van der Waals surface area contributed by atoms with Crippen LogP contribution in [0.25, 0.3) is 0 Å². The molecule has 0 atom stereocenters. The first-order valence-corrected chi connectivity index (χ1v) is 4.86. The molecule has 11 heavy (non-hydrogen) atoms. The number of rotatable bonds is 5. The van der Waals surface area contributed by atoms with Gasteiger partial charge in [-0.15, -0.1) is 0 Å². The molecule has 0 bridgehead atoms. The lowest BCUT2D eigenvalue weighted by molar-refractivity contribution is -0.134. The molecule has 0 rings (SSSR count). The largest absolute Gasteiger partial charge is 0.389 e. The Morgan fingerprint density at radius 2 is 1.82 bits per heavy atom. The average Bonchev–Trinajstić information content (AvgIpc) is 1.85. The average molecular weight is 186 g/mol. The maximum absolute atomic E-state index is 11.6. The van der Waals surface area contributed by atoms with Crippen LogP contribution in [-0.4, -0.2) is 17.7 Å². The molecule has 0 aliphatic rings. The molecule has 0 amide bonds. The van der Waals surface area contributed by atoms with Gasteiger partial charge in [0, 0.05) is 6.42 Å². The number of halogens is 3. The van der Waals surface area contributed by atoms with Crippen molar-refractivity contribution in [3.63, 3.8) is 0 Å². The van der Waals surface area contributed by atoms with E-state index in [1.165, 1.54) is 0 Å². The first kappa shape index (κ1) is 11.1. The molecule has 0 saturated heterocycles. The van der Waals surface area contributed by atoms with Gasteiger partial charge in [-0.25, -0.2) is 0 Å². The van der Waals surface area contributed by atoms with Crippen LogP contribution >= 0.6 is 11.8 Å². The van der Waals surface area contributed by atoms with Gasteiger partial charge in [0.1, 0.15) is 0 Å². The van der Waals surface area contributed by atoms with Gasteiger partial charge in [0.25, 0.3) is 0 Å². The van der Waals surface area contributed by atoms with Gasteiger partial charge < -0.3 is 0 Å². The summed E-state index contributed by atoms with van der Waals surface area (Å²) in [5, 5.41) is 0. The molecule has 0 unspecified atom stereocenters. The molecule has 0 saturated carbocycles. The van der Waals surface area contributed by atoms with E-state index in [1.54, 1.807) is 11.8 Å². The summed E-state index contributed by atoms with van der Waals surface area (Å²) >= 11 is 1.59. The number of hydrogen-bond donors (Lipinski definition) is 0. The monoisotopic (exact) mass is 186 g/mol. The zero-order valence-corrected chi connectivity index (χ0v) is 7.39. The normalized spacial score (nSPS) is 12.0. The highest BCUT2D eigenvalue weighted by molar-refractivity contribution is 7.99. The Morgan fingerprint density at radius 3 is 2.27 bits per heavy atom. The van der Waals surface area contributed by atoms with Crippen molar-refractivity contribution in [1.82, 2.24) is 0 Å². The van der Waals surface area contributed by atoms with Gasteiger partial charge in [0.15, 0.2) is 0 Å². The Kier molecular flexibility index (Phi) is 5.82. The van der Waals surface area contributed by atoms with Crippen LogP contribution in [0, 0.1) is 0 Å². The SMILES string of the molecule is CCCSCCCC(F)(F)F. The molecule has 0 nitrogen and oxygen atoms in total. The van der Waals surface area contributed by atoms with Crippen LogP contribution in [0.5, 0.6) is 0 Å². The van der Waals surface area contributed by atoms with Crippen LogP contribution < -0.4 is 0 Å². The van der Waals surface area contributed by atoms with Crippen molar-refractivity contribution in [2.24, 2.45) is 0 Å². The van der Waals surface area contributed by atoms with Gasteiger partial charge in [0.05, 0.1) is 0 Å². The fourth-order valence-corrected chi connectivity index (χ4v) is 1.46. The smallest absolute Gasteiger partial charge is 0.171 e. The van der Waals surface area contributed by atoms with E-state index in [1.807, 2.05) is 6.92 Å². The van der Waals surface area contributed by atoms with Crippen molar-refractivity contribution in [2.75, 3.05) is 11.5 Å². The van der Waals surface area contributed by atoms with Crippen LogP contribution in [0.2, 0.25) is 0 Å². The highest BCUT2D eigenvalue weighted by atomic mass is 32.2. The van der Waals surface area contributed by atoms with Gasteiger partial charge in [0.2, 0.25) is 0 Å². The molecule has 68 valence electrons. The zero-order valence-electron chi connectivity index (χ0n) is 6.58.